The molecule has 1 aromatic heterocycles. The van der Waals surface area contributed by atoms with Crippen molar-refractivity contribution in [2.45, 2.75) is 32.1 Å². The Balaban J connectivity index is 0.00000225. The van der Waals surface area contributed by atoms with Crippen LogP contribution in [0, 0.1) is 6.92 Å². The minimum Gasteiger partial charge on any atom is -0.427 e. The van der Waals surface area contributed by atoms with Crippen LogP contribution in [0.2, 0.25) is 0 Å². The SMILES string of the molecule is Cc1cc(C2CCCNC2)oc(=O)c1C(=O)Nc1ccc2c(c1)NC(=O)C2.Cl. The molecule has 3 heterocycles. The minimum atomic E-state index is -0.623. The molecule has 4 rings (SSSR count). The quantitative estimate of drug-likeness (QED) is 0.731. The maximum atomic E-state index is 12.6. The summed E-state index contributed by atoms with van der Waals surface area (Å²) < 4.78 is 5.46. The summed E-state index contributed by atoms with van der Waals surface area (Å²) in [5, 5.41) is 8.76. The second-order valence-electron chi connectivity index (χ2n) is 7.09. The lowest BCUT2D eigenvalue weighted by atomic mass is 9.95. The standard InChI is InChI=1S/C20H21N3O4.ClH/c1-11-7-16(13-3-2-6-21-10-13)27-20(26)18(11)19(25)22-14-5-4-12-8-17(24)23-15(12)9-14;/h4-5,7,9,13,21H,2-3,6,8,10H2,1H3,(H,22,25)(H,23,24);1H. The average molecular weight is 404 g/mol. The maximum absolute atomic E-state index is 12.6. The van der Waals surface area contributed by atoms with Crippen LogP contribution in [0.25, 0.3) is 0 Å². The number of nitrogens with one attached hydrogen (secondary N) is 3. The van der Waals surface area contributed by atoms with Crippen molar-refractivity contribution in [2.75, 3.05) is 23.7 Å². The van der Waals surface area contributed by atoms with Crippen molar-refractivity contribution in [2.24, 2.45) is 0 Å². The van der Waals surface area contributed by atoms with E-state index in [9.17, 15) is 14.4 Å². The number of amides is 2. The number of hydrogen-bond acceptors (Lipinski definition) is 5. The molecule has 1 atom stereocenters. The molecule has 2 amide bonds. The smallest absolute Gasteiger partial charge is 0.349 e. The fourth-order valence-electron chi connectivity index (χ4n) is 3.69. The lowest BCUT2D eigenvalue weighted by Crippen LogP contribution is -2.30. The number of hydrogen-bond donors (Lipinski definition) is 3. The van der Waals surface area contributed by atoms with Crippen molar-refractivity contribution >= 4 is 35.6 Å². The van der Waals surface area contributed by atoms with Crippen LogP contribution in [-0.2, 0) is 11.2 Å². The van der Waals surface area contributed by atoms with Crippen LogP contribution < -0.4 is 21.6 Å². The molecule has 2 aromatic rings. The monoisotopic (exact) mass is 403 g/mol. The molecule has 7 nitrogen and oxygen atoms in total. The number of carbonyl (C=O) groups is 2. The normalized spacial score (nSPS) is 18.0. The van der Waals surface area contributed by atoms with Crippen molar-refractivity contribution in [3.63, 3.8) is 0 Å². The zero-order valence-electron chi connectivity index (χ0n) is 15.5. The molecule has 3 N–H and O–H groups in total. The molecule has 1 unspecified atom stereocenters. The molecule has 2 aliphatic heterocycles. The molecule has 2 aliphatic rings. The molecule has 0 bridgehead atoms. The second kappa shape index (κ2) is 8.16. The van der Waals surface area contributed by atoms with Gasteiger partial charge in [0.25, 0.3) is 5.91 Å². The summed E-state index contributed by atoms with van der Waals surface area (Å²) in [5.74, 6) is 0.195. The van der Waals surface area contributed by atoms with Gasteiger partial charge < -0.3 is 20.4 Å². The molecule has 0 radical (unpaired) electrons. The van der Waals surface area contributed by atoms with E-state index in [1.165, 1.54) is 0 Å². The predicted octanol–water partition coefficient (Wildman–Crippen LogP) is 2.58. The van der Waals surface area contributed by atoms with E-state index >= 15 is 0 Å². The van der Waals surface area contributed by atoms with Gasteiger partial charge in [0.15, 0.2) is 0 Å². The predicted molar refractivity (Wildman–Crippen MR) is 109 cm³/mol. The topological polar surface area (TPSA) is 100 Å². The highest BCUT2D eigenvalue weighted by Crippen LogP contribution is 2.27. The molecule has 28 heavy (non-hydrogen) atoms. The Morgan fingerprint density at radius 1 is 1.25 bits per heavy atom. The molecular weight excluding hydrogens is 382 g/mol. The molecule has 0 spiro atoms. The Hall–Kier alpha value is -2.64. The lowest BCUT2D eigenvalue weighted by Gasteiger charge is -2.22. The van der Waals surface area contributed by atoms with Gasteiger partial charge in [0.2, 0.25) is 5.91 Å². The van der Waals surface area contributed by atoms with Gasteiger partial charge in [-0.3, -0.25) is 9.59 Å². The summed E-state index contributed by atoms with van der Waals surface area (Å²) >= 11 is 0. The van der Waals surface area contributed by atoms with Gasteiger partial charge >= 0.3 is 5.63 Å². The number of benzene rings is 1. The highest BCUT2D eigenvalue weighted by Gasteiger charge is 2.23. The minimum absolute atomic E-state index is 0. The third-order valence-corrected chi connectivity index (χ3v) is 5.09. The molecule has 1 fully saturated rings. The van der Waals surface area contributed by atoms with E-state index in [0.29, 0.717) is 29.1 Å². The maximum Gasteiger partial charge on any atom is 0.349 e. The summed E-state index contributed by atoms with van der Waals surface area (Å²) in [6.45, 7) is 3.49. The van der Waals surface area contributed by atoms with Gasteiger partial charge in [-0.15, -0.1) is 12.4 Å². The average Bonchev–Trinajstić information content (AvgIpc) is 3.01. The molecular formula is C20H22ClN3O4. The summed E-state index contributed by atoms with van der Waals surface area (Å²) in [6, 6.07) is 6.99. The highest BCUT2D eigenvalue weighted by molar-refractivity contribution is 6.06. The Labute approximate surface area is 168 Å². The van der Waals surface area contributed by atoms with E-state index in [1.54, 1.807) is 31.2 Å². The number of piperidine rings is 1. The van der Waals surface area contributed by atoms with E-state index in [2.05, 4.69) is 16.0 Å². The van der Waals surface area contributed by atoms with Gasteiger partial charge in [-0.05, 0) is 55.6 Å². The number of rotatable bonds is 3. The van der Waals surface area contributed by atoms with E-state index < -0.39 is 11.5 Å². The molecule has 8 heteroatoms. The van der Waals surface area contributed by atoms with Crippen molar-refractivity contribution in [3.05, 3.63) is 57.1 Å². The van der Waals surface area contributed by atoms with Gasteiger partial charge in [0.05, 0.1) is 6.42 Å². The van der Waals surface area contributed by atoms with Crippen molar-refractivity contribution < 1.29 is 14.0 Å². The van der Waals surface area contributed by atoms with E-state index in [0.717, 1.165) is 31.5 Å². The Bertz CT molecular complexity index is 980. The van der Waals surface area contributed by atoms with E-state index in [1.807, 2.05) is 0 Å². The highest BCUT2D eigenvalue weighted by atomic mass is 35.5. The van der Waals surface area contributed by atoms with Gasteiger partial charge in [-0.2, -0.15) is 0 Å². The first kappa shape index (κ1) is 20.1. The Morgan fingerprint density at radius 2 is 2.07 bits per heavy atom. The first-order valence-corrected chi connectivity index (χ1v) is 9.11. The van der Waals surface area contributed by atoms with Crippen molar-refractivity contribution in [3.8, 4) is 0 Å². The number of aryl methyl sites for hydroxylation is 1. The number of carbonyl (C=O) groups excluding carboxylic acids is 2. The van der Waals surface area contributed by atoms with Crippen molar-refractivity contribution in [1.29, 1.82) is 0 Å². The van der Waals surface area contributed by atoms with Crippen LogP contribution in [0.5, 0.6) is 0 Å². The summed E-state index contributed by atoms with van der Waals surface area (Å²) in [5.41, 5.74) is 2.06. The second-order valence-corrected chi connectivity index (χ2v) is 7.09. The molecule has 0 aliphatic carbocycles. The molecule has 1 saturated heterocycles. The first-order chi connectivity index (χ1) is 13.0. The Morgan fingerprint density at radius 3 is 2.79 bits per heavy atom. The van der Waals surface area contributed by atoms with Crippen LogP contribution in [0.4, 0.5) is 11.4 Å². The fourth-order valence-corrected chi connectivity index (χ4v) is 3.69. The zero-order chi connectivity index (χ0) is 19.0. The third kappa shape index (κ3) is 3.95. The summed E-state index contributed by atoms with van der Waals surface area (Å²) in [6.07, 6.45) is 2.33. The van der Waals surface area contributed by atoms with Crippen LogP contribution in [0.15, 0.2) is 33.5 Å². The van der Waals surface area contributed by atoms with Gasteiger partial charge in [-0.25, -0.2) is 4.79 Å². The zero-order valence-corrected chi connectivity index (χ0v) is 16.3. The van der Waals surface area contributed by atoms with E-state index in [4.69, 9.17) is 4.42 Å². The van der Waals surface area contributed by atoms with Crippen LogP contribution in [0.1, 0.15) is 46.0 Å². The van der Waals surface area contributed by atoms with Gasteiger partial charge in [0.1, 0.15) is 11.3 Å². The Kier molecular flexibility index (Phi) is 5.86. The fraction of sp³-hybridized carbons (Fsp3) is 0.350. The van der Waals surface area contributed by atoms with Gasteiger partial charge in [-0.1, -0.05) is 6.07 Å². The lowest BCUT2D eigenvalue weighted by molar-refractivity contribution is -0.115. The van der Waals surface area contributed by atoms with Crippen molar-refractivity contribution in [1.82, 2.24) is 5.32 Å². The number of anilines is 2. The molecule has 0 saturated carbocycles. The molecule has 148 valence electrons. The number of fused-ring (bicyclic) bond motifs is 1. The summed E-state index contributed by atoms with van der Waals surface area (Å²) in [7, 11) is 0. The van der Waals surface area contributed by atoms with Gasteiger partial charge in [0, 0.05) is 23.8 Å². The van der Waals surface area contributed by atoms with E-state index in [-0.39, 0.29) is 29.8 Å². The number of halogens is 1. The first-order valence-electron chi connectivity index (χ1n) is 9.11. The van der Waals surface area contributed by atoms with Crippen LogP contribution in [0.3, 0.4) is 0 Å². The third-order valence-electron chi connectivity index (χ3n) is 5.09. The van der Waals surface area contributed by atoms with Crippen LogP contribution in [-0.4, -0.2) is 24.9 Å². The van der Waals surface area contributed by atoms with Crippen LogP contribution >= 0.6 is 12.4 Å². The summed E-state index contributed by atoms with van der Waals surface area (Å²) in [4.78, 5) is 36.5. The molecule has 1 aromatic carbocycles. The largest absolute Gasteiger partial charge is 0.427 e.